The van der Waals surface area contributed by atoms with Crippen molar-refractivity contribution in [3.05, 3.63) is 35.9 Å². The molecule has 0 saturated carbocycles. The van der Waals surface area contributed by atoms with E-state index in [2.05, 4.69) is 45.5 Å². The summed E-state index contributed by atoms with van der Waals surface area (Å²) in [5.41, 5.74) is 1.94. The molecule has 1 aromatic carbocycles. The number of nitrogens with one attached hydrogen (secondary N) is 1. The van der Waals surface area contributed by atoms with Crippen molar-refractivity contribution in [2.24, 2.45) is 0 Å². The van der Waals surface area contributed by atoms with Crippen molar-refractivity contribution in [2.75, 3.05) is 17.3 Å². The number of ether oxygens (including phenoxy) is 1. The maximum Gasteiger partial charge on any atom is 0.155 e. The van der Waals surface area contributed by atoms with Crippen molar-refractivity contribution in [1.82, 2.24) is 0 Å². The second-order valence-corrected chi connectivity index (χ2v) is 4.48. The zero-order valence-electron chi connectivity index (χ0n) is 8.66. The van der Waals surface area contributed by atoms with Gasteiger partial charge in [-0.25, -0.2) is 0 Å². The Bertz CT molecular complexity index is 378. The Hall–Kier alpha value is -0.800. The van der Waals surface area contributed by atoms with E-state index in [-0.39, 0.29) is 5.72 Å². The van der Waals surface area contributed by atoms with Gasteiger partial charge in [-0.2, -0.15) is 0 Å². The van der Waals surface area contributed by atoms with Crippen LogP contribution in [-0.2, 0) is 4.74 Å². The van der Waals surface area contributed by atoms with Gasteiger partial charge in [0.05, 0.1) is 6.61 Å². The lowest BCUT2D eigenvalue weighted by Crippen LogP contribution is -2.38. The summed E-state index contributed by atoms with van der Waals surface area (Å²) in [6.45, 7) is 2.72. The van der Waals surface area contributed by atoms with Crippen molar-refractivity contribution in [2.45, 2.75) is 12.6 Å². The molecule has 1 aromatic rings. The monoisotopic (exact) mass is 267 g/mol. The summed E-state index contributed by atoms with van der Waals surface area (Å²) in [5, 5.41) is 4.23. The number of benzene rings is 1. The van der Waals surface area contributed by atoms with Crippen molar-refractivity contribution in [3.63, 3.8) is 0 Å². The molecule has 2 rings (SSSR count). The number of hydrogen-bond acceptors (Lipinski definition) is 2. The molecule has 0 aliphatic carbocycles. The molecular formula is C12H14BrNO. The first kappa shape index (κ1) is 10.7. The van der Waals surface area contributed by atoms with Crippen LogP contribution in [0.1, 0.15) is 12.5 Å². The highest BCUT2D eigenvalue weighted by Gasteiger charge is 2.24. The SMILES string of the molecule is CC1(OCCBr)C=Cc2ccccc2N1. The lowest BCUT2D eigenvalue weighted by atomic mass is 10.0. The van der Waals surface area contributed by atoms with Crippen LogP contribution in [-0.4, -0.2) is 17.7 Å². The fourth-order valence-corrected chi connectivity index (χ4v) is 1.81. The number of fused-ring (bicyclic) bond motifs is 1. The fraction of sp³-hybridized carbons (Fsp3) is 0.333. The minimum Gasteiger partial charge on any atom is -0.354 e. The van der Waals surface area contributed by atoms with Crippen molar-refractivity contribution >= 4 is 27.7 Å². The third-order valence-electron chi connectivity index (χ3n) is 2.40. The van der Waals surface area contributed by atoms with Gasteiger partial charge < -0.3 is 10.1 Å². The van der Waals surface area contributed by atoms with E-state index < -0.39 is 0 Å². The maximum atomic E-state index is 5.73. The van der Waals surface area contributed by atoms with Crippen LogP contribution in [0.3, 0.4) is 0 Å². The Morgan fingerprint density at radius 2 is 2.20 bits per heavy atom. The number of para-hydroxylation sites is 1. The normalized spacial score (nSPS) is 23.3. The molecule has 1 atom stereocenters. The molecule has 1 unspecified atom stereocenters. The predicted octanol–water partition coefficient (Wildman–Crippen LogP) is 3.25. The third kappa shape index (κ3) is 2.41. The quantitative estimate of drug-likeness (QED) is 0.849. The highest BCUT2D eigenvalue weighted by molar-refractivity contribution is 9.09. The number of alkyl halides is 1. The molecule has 80 valence electrons. The third-order valence-corrected chi connectivity index (χ3v) is 2.73. The van der Waals surface area contributed by atoms with Gasteiger partial charge in [0.2, 0.25) is 0 Å². The number of hydrogen-bond donors (Lipinski definition) is 1. The Kier molecular flexibility index (Phi) is 3.12. The first-order valence-electron chi connectivity index (χ1n) is 5.00. The van der Waals surface area contributed by atoms with E-state index in [0.717, 1.165) is 11.0 Å². The lowest BCUT2D eigenvalue weighted by Gasteiger charge is -2.32. The molecule has 1 aliphatic rings. The lowest BCUT2D eigenvalue weighted by molar-refractivity contribution is 0.0380. The molecule has 0 aromatic heterocycles. The molecular weight excluding hydrogens is 254 g/mol. The van der Waals surface area contributed by atoms with Gasteiger partial charge in [0.25, 0.3) is 0 Å². The van der Waals surface area contributed by atoms with Crippen LogP contribution >= 0.6 is 15.9 Å². The smallest absolute Gasteiger partial charge is 0.155 e. The summed E-state index contributed by atoms with van der Waals surface area (Å²) in [5.74, 6) is 0. The standard InChI is InChI=1S/C12H14BrNO/c1-12(15-9-8-13)7-6-10-4-2-3-5-11(10)14-12/h2-7,14H,8-9H2,1H3. The summed E-state index contributed by atoms with van der Waals surface area (Å²) in [6.07, 6.45) is 4.15. The second kappa shape index (κ2) is 4.37. The largest absolute Gasteiger partial charge is 0.354 e. The van der Waals surface area contributed by atoms with Crippen LogP contribution in [0.2, 0.25) is 0 Å². The number of rotatable bonds is 3. The summed E-state index contributed by atoms with van der Waals surface area (Å²) in [7, 11) is 0. The summed E-state index contributed by atoms with van der Waals surface area (Å²) < 4.78 is 5.73. The number of halogens is 1. The second-order valence-electron chi connectivity index (χ2n) is 3.69. The minimum atomic E-state index is -0.387. The van der Waals surface area contributed by atoms with Crippen molar-refractivity contribution in [1.29, 1.82) is 0 Å². The van der Waals surface area contributed by atoms with E-state index in [9.17, 15) is 0 Å². The predicted molar refractivity (Wildman–Crippen MR) is 67.2 cm³/mol. The van der Waals surface area contributed by atoms with E-state index >= 15 is 0 Å². The molecule has 2 nitrogen and oxygen atoms in total. The average Bonchev–Trinajstić information content (AvgIpc) is 2.26. The van der Waals surface area contributed by atoms with Gasteiger partial charge in [-0.15, -0.1) is 0 Å². The maximum absolute atomic E-state index is 5.73. The molecule has 1 heterocycles. The Balaban J connectivity index is 2.17. The van der Waals surface area contributed by atoms with E-state index in [1.165, 1.54) is 5.56 Å². The molecule has 0 bridgehead atoms. The minimum absolute atomic E-state index is 0.387. The van der Waals surface area contributed by atoms with Crippen molar-refractivity contribution < 1.29 is 4.74 Å². The first-order valence-corrected chi connectivity index (χ1v) is 6.12. The Morgan fingerprint density at radius 3 is 3.00 bits per heavy atom. The van der Waals surface area contributed by atoms with Crippen LogP contribution in [0.4, 0.5) is 5.69 Å². The molecule has 3 heteroatoms. The molecule has 15 heavy (non-hydrogen) atoms. The van der Waals surface area contributed by atoms with Crippen LogP contribution in [0.15, 0.2) is 30.3 Å². The van der Waals surface area contributed by atoms with Gasteiger partial charge in [-0.05, 0) is 24.6 Å². The molecule has 0 spiro atoms. The van der Waals surface area contributed by atoms with Crippen LogP contribution in [0.25, 0.3) is 6.08 Å². The number of anilines is 1. The van der Waals surface area contributed by atoms with Gasteiger partial charge in [0, 0.05) is 11.0 Å². The van der Waals surface area contributed by atoms with E-state index in [1.54, 1.807) is 0 Å². The fourth-order valence-electron chi connectivity index (χ4n) is 1.65. The topological polar surface area (TPSA) is 21.3 Å². The van der Waals surface area contributed by atoms with Gasteiger partial charge in [0.1, 0.15) is 0 Å². The van der Waals surface area contributed by atoms with E-state index in [0.29, 0.717) is 6.61 Å². The van der Waals surface area contributed by atoms with Crippen LogP contribution in [0, 0.1) is 0 Å². The molecule has 0 amide bonds. The average molecular weight is 268 g/mol. The first-order chi connectivity index (χ1) is 7.23. The zero-order valence-corrected chi connectivity index (χ0v) is 10.3. The van der Waals surface area contributed by atoms with Crippen molar-refractivity contribution in [3.8, 4) is 0 Å². The highest BCUT2D eigenvalue weighted by atomic mass is 79.9. The van der Waals surface area contributed by atoms with Crippen LogP contribution < -0.4 is 5.32 Å². The molecule has 0 saturated heterocycles. The summed E-state index contributed by atoms with van der Waals surface area (Å²) >= 11 is 3.36. The Morgan fingerprint density at radius 1 is 1.40 bits per heavy atom. The molecule has 0 fully saturated rings. The molecule has 0 radical (unpaired) electrons. The molecule has 1 aliphatic heterocycles. The van der Waals surface area contributed by atoms with Gasteiger partial charge in [0.15, 0.2) is 5.72 Å². The summed E-state index contributed by atoms with van der Waals surface area (Å²) in [4.78, 5) is 0. The molecule has 1 N–H and O–H groups in total. The zero-order chi connectivity index (χ0) is 10.7. The Labute approximate surface area is 98.5 Å². The van der Waals surface area contributed by atoms with E-state index in [1.807, 2.05) is 19.1 Å². The summed E-state index contributed by atoms with van der Waals surface area (Å²) in [6, 6.07) is 8.21. The highest BCUT2D eigenvalue weighted by Crippen LogP contribution is 2.28. The van der Waals surface area contributed by atoms with Crippen LogP contribution in [0.5, 0.6) is 0 Å². The van der Waals surface area contributed by atoms with Gasteiger partial charge in [-0.1, -0.05) is 40.2 Å². The van der Waals surface area contributed by atoms with Gasteiger partial charge in [-0.3, -0.25) is 0 Å². The van der Waals surface area contributed by atoms with Gasteiger partial charge >= 0.3 is 0 Å². The van der Waals surface area contributed by atoms with E-state index in [4.69, 9.17) is 4.74 Å².